The van der Waals surface area contributed by atoms with Crippen molar-refractivity contribution in [1.82, 2.24) is 14.7 Å². The molecule has 0 fully saturated rings. The lowest BCUT2D eigenvalue weighted by molar-refractivity contribution is -0.137. The van der Waals surface area contributed by atoms with Crippen molar-refractivity contribution in [3.8, 4) is 0 Å². The number of hydrogen-bond donors (Lipinski definition) is 1. The Labute approximate surface area is 142 Å². The molecule has 1 amide bonds. The van der Waals surface area contributed by atoms with Gasteiger partial charge in [-0.2, -0.15) is 13.2 Å². The number of nitrogens with one attached hydrogen (secondary N) is 1. The number of fused-ring (bicyclic) bond motifs is 1. The molecule has 2 aromatic heterocycles. The van der Waals surface area contributed by atoms with Gasteiger partial charge >= 0.3 is 6.18 Å². The third-order valence-electron chi connectivity index (χ3n) is 3.91. The van der Waals surface area contributed by atoms with E-state index < -0.39 is 11.7 Å². The summed E-state index contributed by atoms with van der Waals surface area (Å²) >= 11 is 0. The van der Waals surface area contributed by atoms with E-state index in [1.807, 2.05) is 19.1 Å². The summed E-state index contributed by atoms with van der Waals surface area (Å²) in [5.74, 6) is -0.325. The van der Waals surface area contributed by atoms with Crippen molar-refractivity contribution in [2.24, 2.45) is 0 Å². The Balaban J connectivity index is 1.76. The number of benzene rings is 1. The molecule has 0 radical (unpaired) electrons. The minimum absolute atomic E-state index is 0.134. The van der Waals surface area contributed by atoms with E-state index >= 15 is 0 Å². The number of halogens is 3. The highest BCUT2D eigenvalue weighted by Crippen LogP contribution is 2.29. The molecule has 4 nitrogen and oxygen atoms in total. The van der Waals surface area contributed by atoms with Crippen LogP contribution in [-0.2, 0) is 12.7 Å². The van der Waals surface area contributed by atoms with Crippen LogP contribution in [0.2, 0.25) is 0 Å². The predicted octanol–water partition coefficient (Wildman–Crippen LogP) is 3.90. The lowest BCUT2D eigenvalue weighted by Crippen LogP contribution is -2.25. The monoisotopic (exact) mass is 347 g/mol. The molecule has 1 N–H and O–H groups in total. The van der Waals surface area contributed by atoms with E-state index in [9.17, 15) is 18.0 Å². The molecule has 0 saturated carbocycles. The van der Waals surface area contributed by atoms with Gasteiger partial charge in [-0.15, -0.1) is 0 Å². The van der Waals surface area contributed by atoms with Crippen LogP contribution < -0.4 is 5.32 Å². The molecule has 3 rings (SSSR count). The van der Waals surface area contributed by atoms with Crippen LogP contribution in [0.4, 0.5) is 13.2 Å². The summed E-state index contributed by atoms with van der Waals surface area (Å²) in [5.41, 5.74) is 2.60. The van der Waals surface area contributed by atoms with Crippen LogP contribution >= 0.6 is 0 Å². The molecule has 0 saturated heterocycles. The first-order valence-electron chi connectivity index (χ1n) is 7.65. The second-order valence-electron chi connectivity index (χ2n) is 5.86. The number of hydrogen-bond acceptors (Lipinski definition) is 2. The molecule has 0 unspecified atom stereocenters. The summed E-state index contributed by atoms with van der Waals surface area (Å²) in [6.45, 7) is 3.82. The van der Waals surface area contributed by atoms with Gasteiger partial charge in [0, 0.05) is 12.7 Å². The number of aryl methyl sites for hydroxylation is 2. The third-order valence-corrected chi connectivity index (χ3v) is 3.91. The van der Waals surface area contributed by atoms with E-state index in [1.165, 1.54) is 12.1 Å². The molecule has 1 aromatic carbocycles. The van der Waals surface area contributed by atoms with Gasteiger partial charge in [-0.3, -0.25) is 9.20 Å². The lowest BCUT2D eigenvalue weighted by Gasteiger charge is -2.09. The molecule has 2 heterocycles. The second-order valence-corrected chi connectivity index (χ2v) is 5.86. The summed E-state index contributed by atoms with van der Waals surface area (Å²) in [5, 5.41) is 2.73. The van der Waals surface area contributed by atoms with Crippen molar-refractivity contribution in [2.75, 3.05) is 0 Å². The first kappa shape index (κ1) is 17.0. The Hall–Kier alpha value is -2.83. The van der Waals surface area contributed by atoms with E-state index in [4.69, 9.17) is 0 Å². The Morgan fingerprint density at radius 2 is 1.84 bits per heavy atom. The highest BCUT2D eigenvalue weighted by atomic mass is 19.4. The molecule has 0 spiro atoms. The van der Waals surface area contributed by atoms with Crippen molar-refractivity contribution in [3.05, 3.63) is 70.7 Å². The first-order chi connectivity index (χ1) is 11.8. The molecule has 130 valence electrons. The SMILES string of the molecule is Cc1ccn2c(C(=O)NCc3ccc(C(F)(F)F)cc3)c(C)nc2c1. The molecule has 25 heavy (non-hydrogen) atoms. The van der Waals surface area contributed by atoms with Gasteiger partial charge in [0.1, 0.15) is 11.3 Å². The summed E-state index contributed by atoms with van der Waals surface area (Å²) in [4.78, 5) is 16.8. The normalized spacial score (nSPS) is 11.7. The zero-order chi connectivity index (χ0) is 18.2. The topological polar surface area (TPSA) is 46.4 Å². The van der Waals surface area contributed by atoms with Crippen LogP contribution in [0.25, 0.3) is 5.65 Å². The minimum Gasteiger partial charge on any atom is -0.347 e. The molecule has 0 aliphatic heterocycles. The van der Waals surface area contributed by atoms with E-state index in [0.29, 0.717) is 22.6 Å². The summed E-state index contributed by atoms with van der Waals surface area (Å²) in [6, 6.07) is 8.47. The number of carbonyl (C=O) groups excluding carboxylic acids is 1. The largest absolute Gasteiger partial charge is 0.416 e. The highest BCUT2D eigenvalue weighted by Gasteiger charge is 2.29. The maximum atomic E-state index is 12.6. The van der Waals surface area contributed by atoms with Crippen molar-refractivity contribution >= 4 is 11.6 Å². The first-order valence-corrected chi connectivity index (χ1v) is 7.65. The fraction of sp³-hybridized carbons (Fsp3) is 0.222. The number of carbonyl (C=O) groups is 1. The fourth-order valence-electron chi connectivity index (χ4n) is 2.62. The van der Waals surface area contributed by atoms with Crippen LogP contribution in [0.3, 0.4) is 0 Å². The van der Waals surface area contributed by atoms with E-state index in [2.05, 4.69) is 10.3 Å². The molecular formula is C18H16F3N3O. The van der Waals surface area contributed by atoms with Gasteiger partial charge in [-0.25, -0.2) is 4.98 Å². The molecule has 0 aliphatic carbocycles. The fourth-order valence-corrected chi connectivity index (χ4v) is 2.62. The van der Waals surface area contributed by atoms with Gasteiger partial charge < -0.3 is 5.32 Å². The van der Waals surface area contributed by atoms with Gasteiger partial charge in [0.05, 0.1) is 11.3 Å². The number of aromatic nitrogens is 2. The van der Waals surface area contributed by atoms with Gasteiger partial charge in [-0.1, -0.05) is 12.1 Å². The van der Waals surface area contributed by atoms with Crippen molar-refractivity contribution in [3.63, 3.8) is 0 Å². The number of rotatable bonds is 3. The molecule has 7 heteroatoms. The van der Waals surface area contributed by atoms with Crippen LogP contribution in [0.1, 0.15) is 32.9 Å². The van der Waals surface area contributed by atoms with Crippen LogP contribution in [0, 0.1) is 13.8 Å². The molecule has 0 aliphatic rings. The molecule has 0 atom stereocenters. The highest BCUT2D eigenvalue weighted by molar-refractivity contribution is 5.94. The Kier molecular flexibility index (Phi) is 4.24. The number of amides is 1. The van der Waals surface area contributed by atoms with E-state index in [-0.39, 0.29) is 12.5 Å². The minimum atomic E-state index is -4.37. The Morgan fingerprint density at radius 3 is 2.48 bits per heavy atom. The van der Waals surface area contributed by atoms with Crippen molar-refractivity contribution in [1.29, 1.82) is 0 Å². The van der Waals surface area contributed by atoms with Gasteiger partial charge in [0.25, 0.3) is 5.91 Å². The Morgan fingerprint density at radius 1 is 1.16 bits per heavy atom. The van der Waals surface area contributed by atoms with Gasteiger partial charge in [0.2, 0.25) is 0 Å². The average molecular weight is 347 g/mol. The zero-order valence-corrected chi connectivity index (χ0v) is 13.7. The molecule has 3 aromatic rings. The average Bonchev–Trinajstić information content (AvgIpc) is 2.87. The van der Waals surface area contributed by atoms with Gasteiger partial charge in [0.15, 0.2) is 0 Å². The number of pyridine rings is 1. The van der Waals surface area contributed by atoms with Crippen molar-refractivity contribution < 1.29 is 18.0 Å². The van der Waals surface area contributed by atoms with E-state index in [1.54, 1.807) is 17.5 Å². The zero-order valence-electron chi connectivity index (χ0n) is 13.7. The smallest absolute Gasteiger partial charge is 0.347 e. The maximum absolute atomic E-state index is 12.6. The van der Waals surface area contributed by atoms with Crippen LogP contribution in [0.5, 0.6) is 0 Å². The molecular weight excluding hydrogens is 331 g/mol. The lowest BCUT2D eigenvalue weighted by atomic mass is 10.1. The van der Waals surface area contributed by atoms with Crippen molar-refractivity contribution in [2.45, 2.75) is 26.6 Å². The van der Waals surface area contributed by atoms with Gasteiger partial charge in [-0.05, 0) is 49.2 Å². The number of imidazole rings is 1. The third kappa shape index (κ3) is 3.50. The Bertz CT molecular complexity index is 927. The summed E-state index contributed by atoms with van der Waals surface area (Å²) in [6.07, 6.45) is -2.59. The standard InChI is InChI=1S/C18H16F3N3O/c1-11-7-8-24-15(9-11)23-12(2)16(24)17(25)22-10-13-3-5-14(6-4-13)18(19,20)21/h3-9H,10H2,1-2H3,(H,22,25). The summed E-state index contributed by atoms with van der Waals surface area (Å²) in [7, 11) is 0. The number of alkyl halides is 3. The second kappa shape index (κ2) is 6.23. The summed E-state index contributed by atoms with van der Waals surface area (Å²) < 4.78 is 39.4. The van der Waals surface area contributed by atoms with Crippen LogP contribution in [0.15, 0.2) is 42.6 Å². The number of nitrogens with zero attached hydrogens (tertiary/aromatic N) is 2. The van der Waals surface area contributed by atoms with E-state index in [0.717, 1.165) is 17.7 Å². The quantitative estimate of drug-likeness (QED) is 0.781. The van der Waals surface area contributed by atoms with Crippen LogP contribution in [-0.4, -0.2) is 15.3 Å². The molecule has 0 bridgehead atoms. The maximum Gasteiger partial charge on any atom is 0.416 e. The predicted molar refractivity (Wildman–Crippen MR) is 87.3 cm³/mol.